The van der Waals surface area contributed by atoms with Crippen molar-refractivity contribution in [2.45, 2.75) is 6.42 Å². The first kappa shape index (κ1) is 9.89. The number of rotatable bonds is 1. The summed E-state index contributed by atoms with van der Waals surface area (Å²) in [5.41, 5.74) is 8.65. The molecule has 2 aromatic rings. The van der Waals surface area contributed by atoms with Gasteiger partial charge in [-0.3, -0.25) is 5.41 Å². The van der Waals surface area contributed by atoms with Crippen molar-refractivity contribution >= 4 is 11.8 Å². The van der Waals surface area contributed by atoms with Gasteiger partial charge in [0.15, 0.2) is 0 Å². The van der Waals surface area contributed by atoms with Crippen molar-refractivity contribution in [3.8, 4) is 11.3 Å². The third-order valence-electron chi connectivity index (χ3n) is 2.93. The fourth-order valence-electron chi connectivity index (χ4n) is 2.18. The highest BCUT2D eigenvalue weighted by atomic mass is 15.4. The van der Waals surface area contributed by atoms with Gasteiger partial charge in [0.05, 0.1) is 5.69 Å². The van der Waals surface area contributed by atoms with Crippen LogP contribution in [-0.4, -0.2) is 22.3 Å². The summed E-state index contributed by atoms with van der Waals surface area (Å²) in [6.07, 6.45) is 0.923. The third-order valence-corrected chi connectivity index (χ3v) is 2.93. The highest BCUT2D eigenvalue weighted by Crippen LogP contribution is 2.32. The second-order valence-electron chi connectivity index (χ2n) is 4.02. The van der Waals surface area contributed by atoms with Gasteiger partial charge < -0.3 is 11.1 Å². The van der Waals surface area contributed by atoms with Gasteiger partial charge in [0.2, 0.25) is 5.96 Å². The Morgan fingerprint density at radius 3 is 2.82 bits per heavy atom. The molecule has 2 heterocycles. The van der Waals surface area contributed by atoms with Crippen molar-refractivity contribution in [1.82, 2.24) is 9.78 Å². The lowest BCUT2D eigenvalue weighted by Gasteiger charge is -2.02. The van der Waals surface area contributed by atoms with Crippen LogP contribution in [0.5, 0.6) is 0 Å². The minimum Gasteiger partial charge on any atom is -0.369 e. The zero-order valence-corrected chi connectivity index (χ0v) is 9.27. The highest BCUT2D eigenvalue weighted by Gasteiger charge is 2.23. The number of nitrogens with zero attached hydrogens (tertiary/aromatic N) is 2. The van der Waals surface area contributed by atoms with Gasteiger partial charge in [-0.2, -0.15) is 9.78 Å². The monoisotopic (exact) mass is 227 g/mol. The number of nitrogens with two attached hydrogens (primary N) is 1. The van der Waals surface area contributed by atoms with E-state index in [9.17, 15) is 0 Å². The number of fused-ring (bicyclic) bond motifs is 1. The highest BCUT2D eigenvalue weighted by molar-refractivity contribution is 5.84. The Balaban J connectivity index is 2.19. The fraction of sp³-hybridized carbons (Fsp3) is 0.167. The topological polar surface area (TPSA) is 79.7 Å². The molecular weight excluding hydrogens is 214 g/mol. The van der Waals surface area contributed by atoms with E-state index < -0.39 is 0 Å². The Kier molecular flexibility index (Phi) is 2.11. The first-order valence-electron chi connectivity index (χ1n) is 5.53. The van der Waals surface area contributed by atoms with E-state index in [4.69, 9.17) is 11.1 Å². The third kappa shape index (κ3) is 1.47. The summed E-state index contributed by atoms with van der Waals surface area (Å²) in [4.78, 5) is 0. The lowest BCUT2D eigenvalue weighted by molar-refractivity contribution is 0.910. The summed E-state index contributed by atoms with van der Waals surface area (Å²) in [6, 6.07) is 9.98. The van der Waals surface area contributed by atoms with E-state index in [0.29, 0.717) is 0 Å². The van der Waals surface area contributed by atoms with E-state index in [-0.39, 0.29) is 5.96 Å². The molecule has 1 aliphatic rings. The molecule has 17 heavy (non-hydrogen) atoms. The molecule has 0 saturated carbocycles. The summed E-state index contributed by atoms with van der Waals surface area (Å²) < 4.78 is 1.46. The van der Waals surface area contributed by atoms with Gasteiger partial charge in [0.1, 0.15) is 5.82 Å². The summed E-state index contributed by atoms with van der Waals surface area (Å²) in [7, 11) is 0. The molecule has 0 saturated heterocycles. The number of benzene rings is 1. The van der Waals surface area contributed by atoms with Crippen LogP contribution < -0.4 is 11.1 Å². The zero-order chi connectivity index (χ0) is 11.8. The van der Waals surface area contributed by atoms with Crippen LogP contribution in [0, 0.1) is 5.41 Å². The largest absolute Gasteiger partial charge is 0.369 e. The van der Waals surface area contributed by atoms with Gasteiger partial charge in [0.25, 0.3) is 0 Å². The molecule has 0 radical (unpaired) electrons. The normalized spacial score (nSPS) is 13.2. The van der Waals surface area contributed by atoms with Crippen LogP contribution in [0.15, 0.2) is 30.3 Å². The van der Waals surface area contributed by atoms with E-state index in [1.165, 1.54) is 4.68 Å². The lowest BCUT2D eigenvalue weighted by Crippen LogP contribution is -2.23. The number of hydrogen-bond acceptors (Lipinski definition) is 3. The molecule has 0 amide bonds. The Morgan fingerprint density at radius 1 is 1.35 bits per heavy atom. The average molecular weight is 227 g/mol. The van der Waals surface area contributed by atoms with E-state index >= 15 is 0 Å². The van der Waals surface area contributed by atoms with Crippen LogP contribution in [0.4, 0.5) is 5.82 Å². The van der Waals surface area contributed by atoms with Crippen LogP contribution in [-0.2, 0) is 6.42 Å². The molecule has 5 nitrogen and oxygen atoms in total. The molecule has 86 valence electrons. The molecule has 0 fully saturated rings. The Bertz CT molecular complexity index is 570. The van der Waals surface area contributed by atoms with Crippen molar-refractivity contribution in [3.05, 3.63) is 35.9 Å². The average Bonchev–Trinajstić information content (AvgIpc) is 2.90. The Hall–Kier alpha value is -2.30. The van der Waals surface area contributed by atoms with E-state index in [1.54, 1.807) is 0 Å². The fourth-order valence-corrected chi connectivity index (χ4v) is 2.18. The molecular formula is C12H13N5. The minimum atomic E-state index is -0.0576. The summed E-state index contributed by atoms with van der Waals surface area (Å²) in [6.45, 7) is 0.875. The number of nitrogen functional groups attached to an aromatic ring is 1. The molecule has 1 aliphatic heterocycles. The van der Waals surface area contributed by atoms with Crippen LogP contribution in [0.1, 0.15) is 5.56 Å². The quantitative estimate of drug-likeness (QED) is 0.507. The number of aromatic nitrogens is 2. The van der Waals surface area contributed by atoms with Crippen LogP contribution in [0.25, 0.3) is 11.3 Å². The molecule has 0 unspecified atom stereocenters. The van der Waals surface area contributed by atoms with Gasteiger partial charge in [-0.15, -0.1) is 0 Å². The van der Waals surface area contributed by atoms with Gasteiger partial charge in [-0.1, -0.05) is 30.3 Å². The van der Waals surface area contributed by atoms with Crippen molar-refractivity contribution in [2.75, 3.05) is 11.9 Å². The van der Waals surface area contributed by atoms with E-state index in [0.717, 1.165) is 35.6 Å². The molecule has 3 rings (SSSR count). The van der Waals surface area contributed by atoms with E-state index in [2.05, 4.69) is 10.4 Å². The maximum Gasteiger partial charge on any atom is 0.215 e. The molecule has 0 bridgehead atoms. The van der Waals surface area contributed by atoms with Crippen LogP contribution in [0.3, 0.4) is 0 Å². The number of nitrogens with one attached hydrogen (secondary N) is 2. The van der Waals surface area contributed by atoms with Crippen molar-refractivity contribution < 1.29 is 0 Å². The molecule has 1 aromatic heterocycles. The standard InChI is InChI=1S/C12H13N5/c13-12(14)17-11-9(6-7-15-11)10(16-17)8-4-2-1-3-5-8/h1-5,15H,6-7H2,(H3,13,14). The van der Waals surface area contributed by atoms with Gasteiger partial charge in [-0.25, -0.2) is 0 Å². The second kappa shape index (κ2) is 3.62. The smallest absolute Gasteiger partial charge is 0.215 e. The molecule has 4 N–H and O–H groups in total. The first-order chi connectivity index (χ1) is 8.27. The second-order valence-corrected chi connectivity index (χ2v) is 4.02. The Morgan fingerprint density at radius 2 is 2.12 bits per heavy atom. The maximum atomic E-state index is 7.52. The van der Waals surface area contributed by atoms with Gasteiger partial charge >= 0.3 is 0 Å². The van der Waals surface area contributed by atoms with Crippen molar-refractivity contribution in [2.24, 2.45) is 5.73 Å². The predicted octanol–water partition coefficient (Wildman–Crippen LogP) is 1.26. The van der Waals surface area contributed by atoms with Gasteiger partial charge in [0, 0.05) is 17.7 Å². The predicted molar refractivity (Wildman–Crippen MR) is 67.2 cm³/mol. The van der Waals surface area contributed by atoms with Crippen LogP contribution >= 0.6 is 0 Å². The first-order valence-corrected chi connectivity index (χ1v) is 5.53. The Labute approximate surface area is 98.8 Å². The number of hydrogen-bond donors (Lipinski definition) is 3. The zero-order valence-electron chi connectivity index (χ0n) is 9.27. The molecule has 5 heteroatoms. The summed E-state index contributed by atoms with van der Waals surface area (Å²) in [5, 5.41) is 15.1. The van der Waals surface area contributed by atoms with E-state index in [1.807, 2.05) is 30.3 Å². The molecule has 0 aliphatic carbocycles. The van der Waals surface area contributed by atoms with Crippen LogP contribution in [0.2, 0.25) is 0 Å². The minimum absolute atomic E-state index is 0.0576. The lowest BCUT2D eigenvalue weighted by atomic mass is 10.1. The maximum absolute atomic E-state index is 7.52. The number of anilines is 1. The molecule has 0 spiro atoms. The molecule has 0 atom stereocenters. The summed E-state index contributed by atoms with van der Waals surface area (Å²) >= 11 is 0. The van der Waals surface area contributed by atoms with Crippen molar-refractivity contribution in [1.29, 1.82) is 5.41 Å². The van der Waals surface area contributed by atoms with Crippen molar-refractivity contribution in [3.63, 3.8) is 0 Å². The summed E-state index contributed by atoms with van der Waals surface area (Å²) in [5.74, 6) is 0.800. The van der Waals surface area contributed by atoms with Gasteiger partial charge in [-0.05, 0) is 6.42 Å². The molecule has 1 aromatic carbocycles. The SMILES string of the molecule is N=C(N)n1nc(-c2ccccc2)c2c1NCC2.